The number of halogens is 3. The van der Waals surface area contributed by atoms with Crippen molar-refractivity contribution in [2.75, 3.05) is 4.90 Å². The number of imide groups is 2. The SMILES string of the molecule is Cc1cc(C)cc(N2C(=O)NC(=O)/C(=C\c3cccn3-c3cccc(C(F)(F)F)c3)C2=O)c1. The molecule has 6 nitrogen and oxygen atoms in total. The average Bonchev–Trinajstić information content (AvgIpc) is 3.18. The first-order valence-corrected chi connectivity index (χ1v) is 9.89. The predicted molar refractivity (Wildman–Crippen MR) is 116 cm³/mol. The van der Waals surface area contributed by atoms with Gasteiger partial charge in [-0.25, -0.2) is 9.69 Å². The predicted octanol–water partition coefficient (Wildman–Crippen LogP) is 4.78. The molecule has 1 fully saturated rings. The Bertz CT molecular complexity index is 1300. The van der Waals surface area contributed by atoms with E-state index in [9.17, 15) is 27.6 Å². The largest absolute Gasteiger partial charge is 0.416 e. The first-order chi connectivity index (χ1) is 15.5. The summed E-state index contributed by atoms with van der Waals surface area (Å²) in [6.07, 6.45) is -1.76. The van der Waals surface area contributed by atoms with Gasteiger partial charge in [0.25, 0.3) is 11.8 Å². The number of amides is 4. The second kappa shape index (κ2) is 8.09. The summed E-state index contributed by atoms with van der Waals surface area (Å²) in [5.74, 6) is -1.71. The molecule has 0 atom stereocenters. The smallest absolute Gasteiger partial charge is 0.317 e. The van der Waals surface area contributed by atoms with E-state index in [0.29, 0.717) is 11.4 Å². The van der Waals surface area contributed by atoms with Crippen LogP contribution in [-0.4, -0.2) is 22.4 Å². The Morgan fingerprint density at radius 3 is 2.24 bits per heavy atom. The van der Waals surface area contributed by atoms with Gasteiger partial charge >= 0.3 is 12.2 Å². The minimum atomic E-state index is -4.52. The summed E-state index contributed by atoms with van der Waals surface area (Å²) in [5.41, 5.74) is 1.31. The van der Waals surface area contributed by atoms with Crippen LogP contribution in [0.1, 0.15) is 22.4 Å². The standard InChI is InChI=1S/C24H18F3N3O3/c1-14-9-15(2)11-19(10-14)30-22(32)20(21(31)28-23(30)33)13-18-7-4-8-29(18)17-6-3-5-16(12-17)24(25,26)27/h3-13H,1-2H3,(H,28,31,33)/b20-13+. The Balaban J connectivity index is 1.76. The number of benzene rings is 2. The lowest BCUT2D eigenvalue weighted by Gasteiger charge is -2.27. The molecule has 0 radical (unpaired) electrons. The molecule has 0 saturated carbocycles. The summed E-state index contributed by atoms with van der Waals surface area (Å²) >= 11 is 0. The number of urea groups is 1. The number of nitrogens with zero attached hydrogens (tertiary/aromatic N) is 2. The highest BCUT2D eigenvalue weighted by Crippen LogP contribution is 2.31. The number of aryl methyl sites for hydroxylation is 2. The molecule has 2 heterocycles. The normalized spacial score (nSPS) is 15.8. The molecule has 1 aliphatic rings. The first-order valence-electron chi connectivity index (χ1n) is 9.89. The number of carbonyl (C=O) groups excluding carboxylic acids is 3. The number of carbonyl (C=O) groups is 3. The molecule has 1 saturated heterocycles. The highest BCUT2D eigenvalue weighted by Gasteiger charge is 2.37. The number of barbiturate groups is 1. The van der Waals surface area contributed by atoms with Gasteiger partial charge < -0.3 is 4.57 Å². The van der Waals surface area contributed by atoms with Crippen LogP contribution in [0.4, 0.5) is 23.7 Å². The maximum absolute atomic E-state index is 13.1. The molecule has 33 heavy (non-hydrogen) atoms. The van der Waals surface area contributed by atoms with Gasteiger partial charge in [-0.3, -0.25) is 14.9 Å². The van der Waals surface area contributed by atoms with Gasteiger partial charge in [0.15, 0.2) is 0 Å². The van der Waals surface area contributed by atoms with Crippen molar-refractivity contribution in [1.29, 1.82) is 0 Å². The summed E-state index contributed by atoms with van der Waals surface area (Å²) in [6, 6.07) is 12.1. The number of rotatable bonds is 3. The second-order valence-electron chi connectivity index (χ2n) is 7.65. The van der Waals surface area contributed by atoms with Gasteiger partial charge in [0.1, 0.15) is 5.57 Å². The minimum absolute atomic E-state index is 0.201. The average molecular weight is 453 g/mol. The van der Waals surface area contributed by atoms with Crippen molar-refractivity contribution < 1.29 is 27.6 Å². The highest BCUT2D eigenvalue weighted by molar-refractivity contribution is 6.39. The van der Waals surface area contributed by atoms with Crippen LogP contribution in [0.3, 0.4) is 0 Å². The summed E-state index contributed by atoms with van der Waals surface area (Å²) in [4.78, 5) is 38.9. The van der Waals surface area contributed by atoms with Gasteiger partial charge in [0.05, 0.1) is 11.3 Å². The third kappa shape index (κ3) is 4.30. The molecule has 3 aromatic rings. The van der Waals surface area contributed by atoms with Crippen LogP contribution in [0.15, 0.2) is 66.4 Å². The van der Waals surface area contributed by atoms with Crippen molar-refractivity contribution in [3.63, 3.8) is 0 Å². The Labute approximate surface area is 186 Å². The Hall–Kier alpha value is -4.14. The maximum atomic E-state index is 13.1. The van der Waals surface area contributed by atoms with Crippen LogP contribution in [0.25, 0.3) is 11.8 Å². The monoisotopic (exact) mass is 453 g/mol. The number of anilines is 1. The van der Waals surface area contributed by atoms with Gasteiger partial charge in [-0.1, -0.05) is 12.1 Å². The van der Waals surface area contributed by atoms with Crippen molar-refractivity contribution in [2.24, 2.45) is 0 Å². The van der Waals surface area contributed by atoms with Gasteiger partial charge in [-0.05, 0) is 73.5 Å². The summed E-state index contributed by atoms with van der Waals surface area (Å²) in [5, 5.41) is 2.15. The summed E-state index contributed by atoms with van der Waals surface area (Å²) in [7, 11) is 0. The lowest BCUT2D eigenvalue weighted by Crippen LogP contribution is -2.54. The maximum Gasteiger partial charge on any atom is 0.416 e. The zero-order valence-electron chi connectivity index (χ0n) is 17.6. The van der Waals surface area contributed by atoms with Crippen LogP contribution in [-0.2, 0) is 15.8 Å². The molecule has 4 rings (SSSR count). The van der Waals surface area contributed by atoms with Crippen molar-refractivity contribution in [3.05, 3.63) is 88.8 Å². The number of alkyl halides is 3. The zero-order chi connectivity index (χ0) is 23.9. The fourth-order valence-electron chi connectivity index (χ4n) is 3.70. The highest BCUT2D eigenvalue weighted by atomic mass is 19.4. The van der Waals surface area contributed by atoms with Gasteiger partial charge in [0, 0.05) is 17.6 Å². The molecule has 2 aromatic carbocycles. The molecule has 4 amide bonds. The van der Waals surface area contributed by atoms with E-state index in [-0.39, 0.29) is 11.3 Å². The Kier molecular flexibility index (Phi) is 5.41. The number of nitrogens with one attached hydrogen (secondary N) is 1. The van der Waals surface area contributed by atoms with Crippen LogP contribution >= 0.6 is 0 Å². The Morgan fingerprint density at radius 2 is 1.58 bits per heavy atom. The molecule has 1 aliphatic heterocycles. The van der Waals surface area contributed by atoms with Crippen molar-refractivity contribution in [1.82, 2.24) is 9.88 Å². The quantitative estimate of drug-likeness (QED) is 0.458. The zero-order valence-corrected chi connectivity index (χ0v) is 17.6. The van der Waals surface area contributed by atoms with Gasteiger partial charge in [0.2, 0.25) is 0 Å². The summed E-state index contributed by atoms with van der Waals surface area (Å²) in [6.45, 7) is 3.62. The molecule has 0 unspecified atom stereocenters. The molecule has 1 aromatic heterocycles. The second-order valence-corrected chi connectivity index (χ2v) is 7.65. The number of hydrogen-bond acceptors (Lipinski definition) is 3. The van der Waals surface area contributed by atoms with Crippen LogP contribution in [0.2, 0.25) is 0 Å². The molecule has 9 heteroatoms. The van der Waals surface area contributed by atoms with E-state index in [2.05, 4.69) is 5.32 Å². The van der Waals surface area contributed by atoms with Crippen molar-refractivity contribution in [3.8, 4) is 5.69 Å². The molecule has 0 spiro atoms. The third-order valence-corrected chi connectivity index (χ3v) is 5.09. The van der Waals surface area contributed by atoms with Crippen LogP contribution < -0.4 is 10.2 Å². The number of hydrogen-bond donors (Lipinski definition) is 1. The van der Waals surface area contributed by atoms with Crippen LogP contribution in [0.5, 0.6) is 0 Å². The topological polar surface area (TPSA) is 71.4 Å². The van der Waals surface area contributed by atoms with E-state index in [1.165, 1.54) is 29.0 Å². The van der Waals surface area contributed by atoms with E-state index in [0.717, 1.165) is 28.2 Å². The van der Waals surface area contributed by atoms with Crippen molar-refractivity contribution >= 4 is 29.6 Å². The molecular formula is C24H18F3N3O3. The number of aromatic nitrogens is 1. The van der Waals surface area contributed by atoms with E-state index < -0.39 is 29.6 Å². The first kappa shape index (κ1) is 22.1. The minimum Gasteiger partial charge on any atom is -0.317 e. The third-order valence-electron chi connectivity index (χ3n) is 5.09. The molecular weight excluding hydrogens is 435 g/mol. The fourth-order valence-corrected chi connectivity index (χ4v) is 3.70. The van der Waals surface area contributed by atoms with Crippen LogP contribution in [0, 0.1) is 13.8 Å². The molecule has 1 N–H and O–H groups in total. The van der Waals surface area contributed by atoms with E-state index in [1.54, 1.807) is 24.3 Å². The van der Waals surface area contributed by atoms with Gasteiger partial charge in [-0.15, -0.1) is 0 Å². The van der Waals surface area contributed by atoms with E-state index in [4.69, 9.17) is 0 Å². The lowest BCUT2D eigenvalue weighted by molar-refractivity contribution is -0.137. The Morgan fingerprint density at radius 1 is 0.879 bits per heavy atom. The molecule has 0 bridgehead atoms. The summed E-state index contributed by atoms with van der Waals surface area (Å²) < 4.78 is 40.8. The van der Waals surface area contributed by atoms with E-state index >= 15 is 0 Å². The molecule has 168 valence electrons. The van der Waals surface area contributed by atoms with Crippen molar-refractivity contribution in [2.45, 2.75) is 20.0 Å². The lowest BCUT2D eigenvalue weighted by atomic mass is 10.1. The van der Waals surface area contributed by atoms with E-state index in [1.807, 2.05) is 19.9 Å². The van der Waals surface area contributed by atoms with Gasteiger partial charge in [-0.2, -0.15) is 13.2 Å². The fraction of sp³-hybridized carbons (Fsp3) is 0.125. The molecule has 0 aliphatic carbocycles.